The van der Waals surface area contributed by atoms with E-state index in [-0.39, 0.29) is 28.4 Å². The Kier molecular flexibility index (Phi) is 4.79. The molecule has 0 aliphatic carbocycles. The van der Waals surface area contributed by atoms with Gasteiger partial charge in [0.05, 0.1) is 17.0 Å². The second-order valence-electron chi connectivity index (χ2n) is 8.19. The Morgan fingerprint density at radius 3 is 2.50 bits per heavy atom. The van der Waals surface area contributed by atoms with Gasteiger partial charge in [0, 0.05) is 11.6 Å². The van der Waals surface area contributed by atoms with Crippen LogP contribution < -0.4 is 5.43 Å². The zero-order valence-corrected chi connectivity index (χ0v) is 18.3. The van der Waals surface area contributed by atoms with Crippen LogP contribution in [0.1, 0.15) is 44.4 Å². The number of amides is 1. The molecule has 1 aliphatic heterocycles. The summed E-state index contributed by atoms with van der Waals surface area (Å²) in [6.45, 7) is 4.10. The lowest BCUT2D eigenvalue weighted by molar-refractivity contribution is 0.0714. The van der Waals surface area contributed by atoms with Gasteiger partial charge in [-0.2, -0.15) is 0 Å². The standard InChI is InChI=1S/C26H20ClNO4/c1-14-6-8-16(9-7-14)13-28-23(17-4-3-5-18(29)11-17)22-24(30)19-12-20(27)15(2)10-21(19)32-25(22)26(28)31/h3-12,23,29H,13H2,1-2H3/t23-/m1/s1. The fraction of sp³-hybridized carbons (Fsp3) is 0.154. The molecule has 1 atom stereocenters. The zero-order valence-electron chi connectivity index (χ0n) is 17.6. The summed E-state index contributed by atoms with van der Waals surface area (Å²) in [5.74, 6) is -0.271. The van der Waals surface area contributed by atoms with Crippen LogP contribution >= 0.6 is 11.6 Å². The van der Waals surface area contributed by atoms with E-state index in [2.05, 4.69) is 0 Å². The number of nitrogens with zero attached hydrogens (tertiary/aromatic N) is 1. The molecule has 0 saturated carbocycles. The van der Waals surface area contributed by atoms with E-state index in [1.54, 1.807) is 41.3 Å². The number of phenolic OH excluding ortho intramolecular Hbond substituents is 1. The molecular formula is C26H20ClNO4. The number of phenols is 1. The van der Waals surface area contributed by atoms with Crippen LogP contribution in [0.3, 0.4) is 0 Å². The Morgan fingerprint density at radius 1 is 1.03 bits per heavy atom. The van der Waals surface area contributed by atoms with E-state index in [1.807, 2.05) is 38.1 Å². The molecule has 2 heterocycles. The number of rotatable bonds is 3. The summed E-state index contributed by atoms with van der Waals surface area (Å²) in [5, 5.41) is 10.9. The van der Waals surface area contributed by atoms with E-state index >= 15 is 0 Å². The summed E-state index contributed by atoms with van der Waals surface area (Å²) in [7, 11) is 0. The number of carbonyl (C=O) groups excluding carboxylic acids is 1. The van der Waals surface area contributed by atoms with Crippen LogP contribution in [0.15, 0.2) is 69.9 Å². The minimum Gasteiger partial charge on any atom is -0.508 e. The number of aryl methyl sites for hydroxylation is 2. The molecule has 1 aliphatic rings. The van der Waals surface area contributed by atoms with Crippen molar-refractivity contribution in [3.8, 4) is 5.75 Å². The van der Waals surface area contributed by atoms with Crippen molar-refractivity contribution in [3.05, 3.63) is 109 Å². The first-order chi connectivity index (χ1) is 15.3. The van der Waals surface area contributed by atoms with Crippen LogP contribution in [0.4, 0.5) is 0 Å². The Balaban J connectivity index is 1.74. The van der Waals surface area contributed by atoms with Gasteiger partial charge in [0.25, 0.3) is 5.91 Å². The maximum atomic E-state index is 13.6. The molecule has 5 nitrogen and oxygen atoms in total. The molecule has 0 saturated heterocycles. The quantitative estimate of drug-likeness (QED) is 0.451. The molecule has 0 bridgehead atoms. The highest BCUT2D eigenvalue weighted by Crippen LogP contribution is 2.40. The summed E-state index contributed by atoms with van der Waals surface area (Å²) in [6.07, 6.45) is 0. The van der Waals surface area contributed by atoms with Crippen LogP contribution in [-0.4, -0.2) is 15.9 Å². The first kappa shape index (κ1) is 20.3. The van der Waals surface area contributed by atoms with Gasteiger partial charge in [-0.25, -0.2) is 0 Å². The predicted molar refractivity (Wildman–Crippen MR) is 123 cm³/mol. The van der Waals surface area contributed by atoms with Crippen molar-refractivity contribution >= 4 is 28.5 Å². The first-order valence-corrected chi connectivity index (χ1v) is 10.6. The normalized spacial score (nSPS) is 15.4. The van der Waals surface area contributed by atoms with Crippen LogP contribution in [0.25, 0.3) is 11.0 Å². The van der Waals surface area contributed by atoms with Crippen molar-refractivity contribution in [3.63, 3.8) is 0 Å². The molecule has 0 fully saturated rings. The summed E-state index contributed by atoms with van der Waals surface area (Å²) in [5.41, 5.74) is 3.73. The summed E-state index contributed by atoms with van der Waals surface area (Å²) in [4.78, 5) is 28.7. The van der Waals surface area contributed by atoms with Crippen molar-refractivity contribution in [1.29, 1.82) is 0 Å². The monoisotopic (exact) mass is 445 g/mol. The van der Waals surface area contributed by atoms with Crippen molar-refractivity contribution in [2.24, 2.45) is 0 Å². The number of aromatic hydroxyl groups is 1. The van der Waals surface area contributed by atoms with Crippen molar-refractivity contribution in [1.82, 2.24) is 4.90 Å². The molecule has 6 heteroatoms. The maximum Gasteiger partial charge on any atom is 0.291 e. The van der Waals surface area contributed by atoms with Gasteiger partial charge < -0.3 is 14.4 Å². The second kappa shape index (κ2) is 7.53. The molecule has 3 aromatic carbocycles. The molecule has 32 heavy (non-hydrogen) atoms. The van der Waals surface area contributed by atoms with Gasteiger partial charge in [0.2, 0.25) is 5.76 Å². The fourth-order valence-electron chi connectivity index (χ4n) is 4.24. The molecule has 1 aromatic heterocycles. The highest BCUT2D eigenvalue weighted by molar-refractivity contribution is 6.32. The smallest absolute Gasteiger partial charge is 0.291 e. The van der Waals surface area contributed by atoms with Crippen LogP contribution in [-0.2, 0) is 6.54 Å². The molecule has 160 valence electrons. The van der Waals surface area contributed by atoms with E-state index in [9.17, 15) is 14.7 Å². The molecule has 1 amide bonds. The van der Waals surface area contributed by atoms with Gasteiger partial charge in [0.1, 0.15) is 11.3 Å². The van der Waals surface area contributed by atoms with E-state index in [1.165, 1.54) is 0 Å². The third-order valence-electron chi connectivity index (χ3n) is 5.91. The van der Waals surface area contributed by atoms with Gasteiger partial charge >= 0.3 is 0 Å². The van der Waals surface area contributed by atoms with Crippen LogP contribution in [0, 0.1) is 13.8 Å². The molecule has 0 spiro atoms. The van der Waals surface area contributed by atoms with Gasteiger partial charge in [0.15, 0.2) is 5.43 Å². The van der Waals surface area contributed by atoms with Gasteiger partial charge in [-0.1, -0.05) is 53.6 Å². The lowest BCUT2D eigenvalue weighted by atomic mass is 9.97. The number of hydrogen-bond donors (Lipinski definition) is 1. The van der Waals surface area contributed by atoms with Crippen molar-refractivity contribution < 1.29 is 14.3 Å². The number of hydrogen-bond acceptors (Lipinski definition) is 4. The Bertz CT molecular complexity index is 1440. The second-order valence-corrected chi connectivity index (χ2v) is 8.59. The largest absolute Gasteiger partial charge is 0.508 e. The summed E-state index contributed by atoms with van der Waals surface area (Å²) in [6, 6.07) is 17.1. The highest BCUT2D eigenvalue weighted by Gasteiger charge is 2.42. The molecule has 4 aromatic rings. The average molecular weight is 446 g/mol. The number of benzene rings is 3. The zero-order chi connectivity index (χ0) is 22.6. The Hall–Kier alpha value is -3.57. The third-order valence-corrected chi connectivity index (χ3v) is 6.31. The molecule has 5 rings (SSSR count). The molecule has 0 unspecified atom stereocenters. The van der Waals surface area contributed by atoms with E-state index < -0.39 is 6.04 Å². The van der Waals surface area contributed by atoms with Gasteiger partial charge in [-0.3, -0.25) is 9.59 Å². The maximum absolute atomic E-state index is 13.6. The van der Waals surface area contributed by atoms with Gasteiger partial charge in [-0.15, -0.1) is 0 Å². The molecule has 0 radical (unpaired) electrons. The molecular weight excluding hydrogens is 426 g/mol. The van der Waals surface area contributed by atoms with Crippen LogP contribution in [0.2, 0.25) is 5.02 Å². The highest BCUT2D eigenvalue weighted by atomic mass is 35.5. The van der Waals surface area contributed by atoms with E-state index in [0.29, 0.717) is 28.1 Å². The predicted octanol–water partition coefficient (Wildman–Crippen LogP) is 5.51. The lowest BCUT2D eigenvalue weighted by Crippen LogP contribution is -2.29. The van der Waals surface area contributed by atoms with Crippen molar-refractivity contribution in [2.45, 2.75) is 26.4 Å². The first-order valence-electron chi connectivity index (χ1n) is 10.3. The minimum absolute atomic E-state index is 0.0321. The lowest BCUT2D eigenvalue weighted by Gasteiger charge is -2.25. The van der Waals surface area contributed by atoms with Gasteiger partial charge in [-0.05, 0) is 54.8 Å². The fourth-order valence-corrected chi connectivity index (χ4v) is 4.40. The minimum atomic E-state index is -0.688. The van der Waals surface area contributed by atoms with Crippen LogP contribution in [0.5, 0.6) is 5.75 Å². The van der Waals surface area contributed by atoms with E-state index in [4.69, 9.17) is 16.0 Å². The Labute approximate surface area is 189 Å². The topological polar surface area (TPSA) is 70.8 Å². The number of carbonyl (C=O) groups is 1. The number of halogens is 1. The summed E-state index contributed by atoms with van der Waals surface area (Å²) < 4.78 is 5.99. The molecule has 1 N–H and O–H groups in total. The third kappa shape index (κ3) is 3.26. The average Bonchev–Trinajstić information content (AvgIpc) is 3.03. The van der Waals surface area contributed by atoms with Crippen molar-refractivity contribution in [2.75, 3.05) is 0 Å². The Morgan fingerprint density at radius 2 is 1.78 bits per heavy atom. The SMILES string of the molecule is Cc1ccc(CN2C(=O)c3oc4cc(C)c(Cl)cc4c(=O)c3[C@H]2c2cccc(O)c2)cc1. The summed E-state index contributed by atoms with van der Waals surface area (Å²) >= 11 is 6.27. The number of fused-ring (bicyclic) bond motifs is 2. The van der Waals surface area contributed by atoms with E-state index in [0.717, 1.165) is 16.7 Å².